The van der Waals surface area contributed by atoms with E-state index in [1.807, 2.05) is 29.1 Å². The van der Waals surface area contributed by atoms with Gasteiger partial charge in [-0.3, -0.25) is 4.68 Å². The van der Waals surface area contributed by atoms with Crippen molar-refractivity contribution in [2.24, 2.45) is 5.92 Å². The molecule has 0 fully saturated rings. The third kappa shape index (κ3) is 4.18. The van der Waals surface area contributed by atoms with Crippen molar-refractivity contribution in [1.29, 1.82) is 0 Å². The van der Waals surface area contributed by atoms with Crippen LogP contribution in [0.3, 0.4) is 0 Å². The van der Waals surface area contributed by atoms with Crippen LogP contribution in [0.4, 0.5) is 0 Å². The minimum absolute atomic E-state index is 0.185. The lowest BCUT2D eigenvalue weighted by Gasteiger charge is -2.13. The van der Waals surface area contributed by atoms with Crippen molar-refractivity contribution in [3.8, 4) is 0 Å². The molecule has 4 heteroatoms. The van der Waals surface area contributed by atoms with E-state index >= 15 is 0 Å². The zero-order valence-electron chi connectivity index (χ0n) is 12.0. The van der Waals surface area contributed by atoms with Crippen LogP contribution in [-0.4, -0.2) is 21.5 Å². The van der Waals surface area contributed by atoms with E-state index in [-0.39, 0.29) is 12.5 Å². The van der Waals surface area contributed by atoms with E-state index in [4.69, 9.17) is 0 Å². The predicted octanol–water partition coefficient (Wildman–Crippen LogP) is 3.62. The largest absolute Gasteiger partial charge is 0.396 e. The fourth-order valence-corrected chi connectivity index (χ4v) is 2.49. The fourth-order valence-electron chi connectivity index (χ4n) is 2.22. The van der Waals surface area contributed by atoms with Crippen molar-refractivity contribution in [3.63, 3.8) is 0 Å². The van der Waals surface area contributed by atoms with Gasteiger partial charge in [0.1, 0.15) is 0 Å². The van der Waals surface area contributed by atoms with Gasteiger partial charge in [-0.15, -0.1) is 0 Å². The summed E-state index contributed by atoms with van der Waals surface area (Å²) in [5, 5.41) is 14.1. The fraction of sp³-hybridized carbons (Fsp3) is 0.438. The summed E-state index contributed by atoms with van der Waals surface area (Å²) in [6.45, 7) is 4.41. The van der Waals surface area contributed by atoms with Crippen molar-refractivity contribution >= 4 is 15.9 Å². The number of benzene rings is 1. The van der Waals surface area contributed by atoms with Gasteiger partial charge >= 0.3 is 0 Å². The van der Waals surface area contributed by atoms with Crippen LogP contribution in [0.15, 0.2) is 41.0 Å². The van der Waals surface area contributed by atoms with Crippen molar-refractivity contribution < 1.29 is 5.11 Å². The standard InChI is InChI=1S/C16H21BrN2O/c1-12(2)19-8-7-16(18-19)10-14(11-20)9-13-3-5-15(17)6-4-13/h3-8,12,14,20H,9-11H2,1-2H3. The van der Waals surface area contributed by atoms with Gasteiger partial charge in [0.05, 0.1) is 5.69 Å². The van der Waals surface area contributed by atoms with Crippen LogP contribution in [0, 0.1) is 5.92 Å². The van der Waals surface area contributed by atoms with Gasteiger partial charge in [0.25, 0.3) is 0 Å². The van der Waals surface area contributed by atoms with E-state index in [2.05, 4.69) is 47.0 Å². The first-order chi connectivity index (χ1) is 9.58. The Kier molecular flexibility index (Phi) is 5.38. The molecule has 20 heavy (non-hydrogen) atoms. The Labute approximate surface area is 128 Å². The number of aromatic nitrogens is 2. The first-order valence-corrected chi connectivity index (χ1v) is 7.77. The maximum atomic E-state index is 9.58. The number of rotatable bonds is 6. The molecule has 0 amide bonds. The Morgan fingerprint density at radius 3 is 2.40 bits per heavy atom. The number of aliphatic hydroxyl groups is 1. The highest BCUT2D eigenvalue weighted by atomic mass is 79.9. The third-order valence-corrected chi connectivity index (χ3v) is 3.91. The maximum Gasteiger partial charge on any atom is 0.0628 e. The molecule has 0 saturated carbocycles. The maximum absolute atomic E-state index is 9.58. The average Bonchev–Trinajstić information content (AvgIpc) is 2.89. The SMILES string of the molecule is CC(C)n1ccc(CC(CO)Cc2ccc(Br)cc2)n1. The van der Waals surface area contributed by atoms with E-state index < -0.39 is 0 Å². The zero-order valence-corrected chi connectivity index (χ0v) is 13.5. The Hall–Kier alpha value is -1.13. The van der Waals surface area contributed by atoms with Crippen LogP contribution in [-0.2, 0) is 12.8 Å². The molecule has 0 aliphatic rings. The number of hydrogen-bond donors (Lipinski definition) is 1. The summed E-state index contributed by atoms with van der Waals surface area (Å²) < 4.78 is 3.04. The van der Waals surface area contributed by atoms with E-state index in [1.54, 1.807) is 0 Å². The minimum Gasteiger partial charge on any atom is -0.396 e. The molecule has 0 aliphatic heterocycles. The van der Waals surface area contributed by atoms with E-state index in [0.29, 0.717) is 6.04 Å². The number of halogens is 1. The van der Waals surface area contributed by atoms with Crippen molar-refractivity contribution in [3.05, 3.63) is 52.3 Å². The van der Waals surface area contributed by atoms with Gasteiger partial charge in [0.15, 0.2) is 0 Å². The molecule has 0 saturated heterocycles. The second-order valence-electron chi connectivity index (χ2n) is 5.46. The molecular weight excluding hydrogens is 316 g/mol. The molecule has 1 aromatic carbocycles. The highest BCUT2D eigenvalue weighted by Crippen LogP contribution is 2.17. The molecular formula is C16H21BrN2O. The molecule has 0 bridgehead atoms. The Morgan fingerprint density at radius 2 is 1.85 bits per heavy atom. The van der Waals surface area contributed by atoms with Crippen LogP contribution >= 0.6 is 15.9 Å². The first kappa shape index (κ1) is 15.3. The van der Waals surface area contributed by atoms with Gasteiger partial charge in [-0.25, -0.2) is 0 Å². The van der Waals surface area contributed by atoms with Crippen LogP contribution in [0.1, 0.15) is 31.1 Å². The summed E-state index contributed by atoms with van der Waals surface area (Å²) in [4.78, 5) is 0. The highest BCUT2D eigenvalue weighted by Gasteiger charge is 2.12. The monoisotopic (exact) mass is 336 g/mol. The number of nitrogens with zero attached hydrogens (tertiary/aromatic N) is 2. The lowest BCUT2D eigenvalue weighted by molar-refractivity contribution is 0.224. The van der Waals surface area contributed by atoms with E-state index in [1.165, 1.54) is 5.56 Å². The van der Waals surface area contributed by atoms with Gasteiger partial charge in [-0.2, -0.15) is 5.10 Å². The molecule has 0 aliphatic carbocycles. The molecule has 0 spiro atoms. The molecule has 1 unspecified atom stereocenters. The van der Waals surface area contributed by atoms with Crippen molar-refractivity contribution in [2.45, 2.75) is 32.7 Å². The Balaban J connectivity index is 1.99. The molecule has 1 N–H and O–H groups in total. The third-order valence-electron chi connectivity index (χ3n) is 3.39. The molecule has 1 atom stereocenters. The summed E-state index contributed by atoms with van der Waals surface area (Å²) in [7, 11) is 0. The quantitative estimate of drug-likeness (QED) is 0.874. The van der Waals surface area contributed by atoms with Gasteiger partial charge in [0.2, 0.25) is 0 Å². The van der Waals surface area contributed by atoms with Gasteiger partial charge in [-0.1, -0.05) is 28.1 Å². The summed E-state index contributed by atoms with van der Waals surface area (Å²) in [6, 6.07) is 10.7. The summed E-state index contributed by atoms with van der Waals surface area (Å²) >= 11 is 3.44. The Morgan fingerprint density at radius 1 is 1.15 bits per heavy atom. The van der Waals surface area contributed by atoms with Crippen molar-refractivity contribution in [1.82, 2.24) is 9.78 Å². The Bertz CT molecular complexity index is 534. The van der Waals surface area contributed by atoms with Gasteiger partial charge in [0, 0.05) is 23.3 Å². The second kappa shape index (κ2) is 7.04. The molecule has 2 aromatic rings. The zero-order chi connectivity index (χ0) is 14.5. The lowest BCUT2D eigenvalue weighted by Crippen LogP contribution is -2.14. The van der Waals surface area contributed by atoms with Crippen LogP contribution in [0.2, 0.25) is 0 Å². The summed E-state index contributed by atoms with van der Waals surface area (Å²) in [6.07, 6.45) is 3.69. The van der Waals surface area contributed by atoms with E-state index in [9.17, 15) is 5.11 Å². The summed E-state index contributed by atoms with van der Waals surface area (Å²) in [5.74, 6) is 0.215. The highest BCUT2D eigenvalue weighted by molar-refractivity contribution is 9.10. The van der Waals surface area contributed by atoms with Gasteiger partial charge < -0.3 is 5.11 Å². The number of aliphatic hydroxyl groups excluding tert-OH is 1. The number of hydrogen-bond acceptors (Lipinski definition) is 2. The van der Waals surface area contributed by atoms with Crippen LogP contribution < -0.4 is 0 Å². The minimum atomic E-state index is 0.185. The topological polar surface area (TPSA) is 38.0 Å². The van der Waals surface area contributed by atoms with Crippen molar-refractivity contribution in [2.75, 3.05) is 6.61 Å². The van der Waals surface area contributed by atoms with Gasteiger partial charge in [-0.05, 0) is 56.4 Å². The molecule has 3 nitrogen and oxygen atoms in total. The smallest absolute Gasteiger partial charge is 0.0628 e. The molecule has 1 heterocycles. The first-order valence-electron chi connectivity index (χ1n) is 6.98. The predicted molar refractivity (Wildman–Crippen MR) is 84.7 cm³/mol. The molecule has 108 valence electrons. The lowest BCUT2D eigenvalue weighted by atomic mass is 9.96. The molecule has 1 aromatic heterocycles. The second-order valence-corrected chi connectivity index (χ2v) is 6.38. The van der Waals surface area contributed by atoms with Crippen LogP contribution in [0.25, 0.3) is 0 Å². The molecule has 2 rings (SSSR count). The van der Waals surface area contributed by atoms with E-state index in [0.717, 1.165) is 23.0 Å². The normalized spacial score (nSPS) is 12.8. The molecule has 0 radical (unpaired) electrons. The summed E-state index contributed by atoms with van der Waals surface area (Å²) in [5.41, 5.74) is 2.30. The average molecular weight is 337 g/mol. The van der Waals surface area contributed by atoms with Crippen LogP contribution in [0.5, 0.6) is 0 Å².